The van der Waals surface area contributed by atoms with E-state index in [0.717, 1.165) is 0 Å². The number of H-pyrrole nitrogens is 1. The molecular weight excluding hydrogens is 477 g/mol. The van der Waals surface area contributed by atoms with Gasteiger partial charge in [-0.2, -0.15) is 4.98 Å². The van der Waals surface area contributed by atoms with E-state index in [1.807, 2.05) is 0 Å². The van der Waals surface area contributed by atoms with Crippen LogP contribution in [0.25, 0.3) is 11.2 Å². The summed E-state index contributed by atoms with van der Waals surface area (Å²) < 4.78 is 34.4. The molecule has 0 aliphatic carbocycles. The van der Waals surface area contributed by atoms with Crippen molar-refractivity contribution in [2.24, 2.45) is 0 Å². The summed E-state index contributed by atoms with van der Waals surface area (Å²) >= 11 is 0. The molecule has 1 aliphatic rings. The monoisotopic (exact) mass is 503 g/mol. The van der Waals surface area contributed by atoms with Crippen molar-refractivity contribution in [1.29, 1.82) is 0 Å². The first-order valence-electron chi connectivity index (χ1n) is 10.5. The Kier molecular flexibility index (Phi) is 8.05. The molecule has 5 N–H and O–H groups in total. The number of nitrogens with zero attached hydrogens (tertiary/aromatic N) is 3. The smallest absolute Gasteiger partial charge is 0.387 e. The number of imidazole rings is 1. The van der Waals surface area contributed by atoms with Crippen LogP contribution >= 0.6 is 7.82 Å². The number of hydrogen-bond donors (Lipinski definition) is 4. The lowest BCUT2D eigenvalue weighted by Crippen LogP contribution is -2.33. The standard InChI is InChI=1S/C18H26N5O10P/c1-3-5-10(24)32-34(29,33-11(25)6-4-2)30-7-9-13(26)14(27)17(31-9)23-8-20-12-15(23)21-18(19)22-16(12)28/h8-9,13-14,17,26-27H,3-7H2,1-2H3,(H3,19,21,22,28)/t9-,13-,14-,17-/m1/s1. The number of nitrogens with one attached hydrogen (secondary N) is 1. The van der Waals surface area contributed by atoms with Crippen molar-refractivity contribution in [3.63, 3.8) is 0 Å². The Labute approximate surface area is 192 Å². The number of phosphoric ester groups is 1. The molecule has 34 heavy (non-hydrogen) atoms. The van der Waals surface area contributed by atoms with Gasteiger partial charge in [0.15, 0.2) is 17.4 Å². The Balaban J connectivity index is 1.77. The number of fused-ring (bicyclic) bond motifs is 1. The number of ether oxygens (including phenoxy) is 1. The van der Waals surface area contributed by atoms with Crippen molar-refractivity contribution >= 4 is 36.9 Å². The van der Waals surface area contributed by atoms with Crippen LogP contribution < -0.4 is 11.3 Å². The lowest BCUT2D eigenvalue weighted by Gasteiger charge is -2.20. The fourth-order valence-corrected chi connectivity index (χ4v) is 4.36. The highest BCUT2D eigenvalue weighted by Gasteiger charge is 2.46. The molecule has 0 radical (unpaired) electrons. The number of carbonyl (C=O) groups is 2. The lowest BCUT2D eigenvalue weighted by molar-refractivity contribution is -0.141. The van der Waals surface area contributed by atoms with E-state index in [0.29, 0.717) is 12.8 Å². The summed E-state index contributed by atoms with van der Waals surface area (Å²) in [5.41, 5.74) is 4.87. The first-order chi connectivity index (χ1) is 16.1. The molecule has 0 saturated carbocycles. The van der Waals surface area contributed by atoms with Crippen LogP contribution in [0.2, 0.25) is 0 Å². The minimum absolute atomic E-state index is 0.00766. The number of rotatable bonds is 10. The molecule has 0 aromatic carbocycles. The molecule has 0 bridgehead atoms. The number of nitrogens with two attached hydrogens (primary N) is 1. The molecule has 2 aromatic rings. The van der Waals surface area contributed by atoms with Gasteiger partial charge in [-0.05, 0) is 12.8 Å². The maximum atomic E-state index is 12.9. The summed E-state index contributed by atoms with van der Waals surface area (Å²) in [6.07, 6.45) is -3.91. The minimum Gasteiger partial charge on any atom is -0.387 e. The maximum absolute atomic E-state index is 12.9. The van der Waals surface area contributed by atoms with Gasteiger partial charge in [0.2, 0.25) is 5.95 Å². The Morgan fingerprint density at radius 2 is 1.82 bits per heavy atom. The number of nitrogen functional groups attached to an aromatic ring is 1. The van der Waals surface area contributed by atoms with Gasteiger partial charge in [0.1, 0.15) is 18.3 Å². The van der Waals surface area contributed by atoms with Gasteiger partial charge >= 0.3 is 19.8 Å². The molecule has 1 fully saturated rings. The van der Waals surface area contributed by atoms with E-state index in [9.17, 15) is 29.2 Å². The first kappa shape index (κ1) is 25.8. The van der Waals surface area contributed by atoms with Crippen molar-refractivity contribution in [2.75, 3.05) is 12.3 Å². The number of hydrogen-bond acceptors (Lipinski definition) is 13. The zero-order valence-corrected chi connectivity index (χ0v) is 19.3. The summed E-state index contributed by atoms with van der Waals surface area (Å²) in [6.45, 7) is 2.71. The predicted molar refractivity (Wildman–Crippen MR) is 114 cm³/mol. The average molecular weight is 503 g/mol. The third kappa shape index (κ3) is 5.62. The minimum atomic E-state index is -4.69. The second-order valence-electron chi connectivity index (χ2n) is 7.49. The zero-order valence-electron chi connectivity index (χ0n) is 18.4. The highest BCUT2D eigenvalue weighted by molar-refractivity contribution is 7.49. The highest BCUT2D eigenvalue weighted by atomic mass is 31.2. The fourth-order valence-electron chi connectivity index (χ4n) is 3.21. The molecule has 1 saturated heterocycles. The number of phosphoric acid groups is 1. The number of carbonyl (C=O) groups excluding carboxylic acids is 2. The van der Waals surface area contributed by atoms with Crippen molar-refractivity contribution in [3.8, 4) is 0 Å². The predicted octanol–water partition coefficient (Wildman–Crippen LogP) is 0.132. The first-order valence-corrected chi connectivity index (χ1v) is 12.0. The third-order valence-corrected chi connectivity index (χ3v) is 6.11. The van der Waals surface area contributed by atoms with E-state index < -0.39 is 56.5 Å². The molecule has 1 aliphatic heterocycles. The van der Waals surface area contributed by atoms with Gasteiger partial charge in [0, 0.05) is 12.8 Å². The van der Waals surface area contributed by atoms with Gasteiger partial charge in [-0.25, -0.2) is 9.55 Å². The second-order valence-corrected chi connectivity index (χ2v) is 9.01. The molecular formula is C18H26N5O10P. The number of aliphatic hydroxyl groups is 2. The quantitative estimate of drug-likeness (QED) is 0.317. The summed E-state index contributed by atoms with van der Waals surface area (Å²) in [7, 11) is -4.69. The van der Waals surface area contributed by atoms with Gasteiger partial charge in [-0.15, -0.1) is 0 Å². The second kappa shape index (κ2) is 10.6. The van der Waals surface area contributed by atoms with Gasteiger partial charge in [-0.1, -0.05) is 13.8 Å². The van der Waals surface area contributed by atoms with Crippen LogP contribution in [0.5, 0.6) is 0 Å². The summed E-state index contributed by atoms with van der Waals surface area (Å²) in [6, 6.07) is 0. The van der Waals surface area contributed by atoms with Gasteiger partial charge in [-0.3, -0.25) is 28.5 Å². The van der Waals surface area contributed by atoms with Crippen molar-refractivity contribution in [1.82, 2.24) is 19.5 Å². The number of aliphatic hydroxyl groups excluding tert-OH is 2. The summed E-state index contributed by atoms with van der Waals surface area (Å²) in [4.78, 5) is 45.9. The Bertz CT molecular complexity index is 1130. The summed E-state index contributed by atoms with van der Waals surface area (Å²) in [5.74, 6) is -2.00. The molecule has 4 atom stereocenters. The Morgan fingerprint density at radius 3 is 2.41 bits per heavy atom. The van der Waals surface area contributed by atoms with E-state index >= 15 is 0 Å². The van der Waals surface area contributed by atoms with Crippen molar-refractivity contribution in [3.05, 3.63) is 16.7 Å². The zero-order chi connectivity index (χ0) is 25.0. The molecule has 3 heterocycles. The molecule has 15 nitrogen and oxygen atoms in total. The molecule has 0 unspecified atom stereocenters. The Hall–Kier alpha value is -2.84. The lowest BCUT2D eigenvalue weighted by atomic mass is 10.1. The SMILES string of the molecule is CCCC(=O)OP(=O)(OC[C@H]1O[C@@H](n2cnc3c(=O)[nH]c(N)nc32)[C@H](O)[C@@H]1O)OC(=O)CCC. The number of anilines is 1. The van der Waals surface area contributed by atoms with E-state index in [4.69, 9.17) is 24.0 Å². The molecule has 3 rings (SSSR count). The average Bonchev–Trinajstić information content (AvgIpc) is 3.28. The van der Waals surface area contributed by atoms with Crippen molar-refractivity contribution < 1.29 is 42.7 Å². The highest BCUT2D eigenvalue weighted by Crippen LogP contribution is 2.51. The topological polar surface area (TPSA) is 218 Å². The van der Waals surface area contributed by atoms with E-state index in [-0.39, 0.29) is 30.0 Å². The normalized spacial score (nSPS) is 22.7. The molecule has 0 spiro atoms. The molecule has 2 aromatic heterocycles. The van der Waals surface area contributed by atoms with E-state index in [1.165, 1.54) is 10.9 Å². The fraction of sp³-hybridized carbons (Fsp3) is 0.611. The van der Waals surface area contributed by atoms with Crippen LogP contribution in [0.15, 0.2) is 11.1 Å². The molecule has 0 amide bonds. The van der Waals surface area contributed by atoms with Gasteiger partial charge in [0.05, 0.1) is 12.9 Å². The molecule has 16 heteroatoms. The number of aromatic amines is 1. The van der Waals surface area contributed by atoms with Crippen LogP contribution in [0.1, 0.15) is 45.8 Å². The van der Waals surface area contributed by atoms with Crippen LogP contribution in [0, 0.1) is 0 Å². The number of aromatic nitrogens is 4. The van der Waals surface area contributed by atoms with Crippen LogP contribution in [-0.4, -0.2) is 66.6 Å². The Morgan fingerprint density at radius 1 is 1.21 bits per heavy atom. The maximum Gasteiger partial charge on any atom is 0.592 e. The van der Waals surface area contributed by atoms with Crippen LogP contribution in [0.4, 0.5) is 5.95 Å². The third-order valence-electron chi connectivity index (χ3n) is 4.79. The van der Waals surface area contributed by atoms with Crippen LogP contribution in [0.3, 0.4) is 0 Å². The van der Waals surface area contributed by atoms with Crippen molar-refractivity contribution in [2.45, 2.75) is 64.1 Å². The van der Waals surface area contributed by atoms with E-state index in [1.54, 1.807) is 13.8 Å². The van der Waals surface area contributed by atoms with Gasteiger partial charge in [0.25, 0.3) is 5.56 Å². The largest absolute Gasteiger partial charge is 0.592 e. The van der Waals surface area contributed by atoms with E-state index in [2.05, 4.69) is 15.0 Å². The molecule has 188 valence electrons. The van der Waals surface area contributed by atoms with Gasteiger partial charge < -0.3 is 29.7 Å². The van der Waals surface area contributed by atoms with Crippen LogP contribution in [-0.2, 0) is 32.5 Å². The summed E-state index contributed by atoms with van der Waals surface area (Å²) in [5, 5.41) is 20.9.